The lowest BCUT2D eigenvalue weighted by Crippen LogP contribution is -2.10. The number of aromatic nitrogens is 2. The lowest BCUT2D eigenvalue weighted by molar-refractivity contribution is -0.0511. The zero-order chi connectivity index (χ0) is 15.4. The topological polar surface area (TPSA) is 82.3 Å². The summed E-state index contributed by atoms with van der Waals surface area (Å²) >= 11 is 0. The van der Waals surface area contributed by atoms with Crippen molar-refractivity contribution >= 4 is 5.82 Å². The van der Waals surface area contributed by atoms with Crippen LogP contribution in [0.3, 0.4) is 0 Å². The molecule has 1 aromatic heterocycles. The highest BCUT2D eigenvalue weighted by Gasteiger charge is 2.13. The molecule has 0 amide bonds. The van der Waals surface area contributed by atoms with Crippen molar-refractivity contribution in [1.82, 2.24) is 9.97 Å². The number of aryl methyl sites for hydroxylation is 1. The van der Waals surface area contributed by atoms with Crippen LogP contribution in [0.4, 0.5) is 14.6 Å². The zero-order valence-electron chi connectivity index (χ0n) is 11.4. The van der Waals surface area contributed by atoms with E-state index in [-0.39, 0.29) is 11.5 Å². The minimum atomic E-state index is -2.95. The summed E-state index contributed by atoms with van der Waals surface area (Å²) in [5, 5.41) is 0. The van der Waals surface area contributed by atoms with Crippen molar-refractivity contribution in [2.24, 2.45) is 5.84 Å². The Morgan fingerprint density at radius 2 is 1.95 bits per heavy atom. The summed E-state index contributed by atoms with van der Waals surface area (Å²) in [6.07, 6.45) is 0. The molecule has 21 heavy (non-hydrogen) atoms. The third-order valence-electron chi connectivity index (χ3n) is 2.64. The molecule has 0 aliphatic heterocycles. The van der Waals surface area contributed by atoms with Gasteiger partial charge in [0.05, 0.1) is 7.11 Å². The molecule has 0 bridgehead atoms. The second kappa shape index (κ2) is 6.31. The molecule has 2 aromatic rings. The Morgan fingerprint density at radius 3 is 2.57 bits per heavy atom. The van der Waals surface area contributed by atoms with E-state index < -0.39 is 6.61 Å². The zero-order valence-corrected chi connectivity index (χ0v) is 11.4. The normalized spacial score (nSPS) is 10.6. The summed E-state index contributed by atoms with van der Waals surface area (Å²) in [4.78, 5) is 8.40. The Bertz CT molecular complexity index is 638. The lowest BCUT2D eigenvalue weighted by atomic mass is 10.2. The van der Waals surface area contributed by atoms with Crippen LogP contribution in [0.5, 0.6) is 11.5 Å². The largest absolute Gasteiger partial charge is 0.493 e. The van der Waals surface area contributed by atoms with Crippen LogP contribution in [0, 0.1) is 6.92 Å². The summed E-state index contributed by atoms with van der Waals surface area (Å²) in [7, 11) is 1.37. The van der Waals surface area contributed by atoms with Crippen LogP contribution in [-0.2, 0) is 0 Å². The molecule has 0 fully saturated rings. The number of hydrazine groups is 1. The van der Waals surface area contributed by atoms with Gasteiger partial charge < -0.3 is 14.9 Å². The van der Waals surface area contributed by atoms with Gasteiger partial charge >= 0.3 is 6.61 Å². The number of nitrogens with two attached hydrogens (primary N) is 1. The summed E-state index contributed by atoms with van der Waals surface area (Å²) in [6.45, 7) is -1.18. The number of nitrogens with zero attached hydrogens (tertiary/aromatic N) is 2. The molecule has 3 N–H and O–H groups in total. The van der Waals surface area contributed by atoms with Gasteiger partial charge in [0.25, 0.3) is 0 Å². The molecule has 0 atom stereocenters. The third-order valence-corrected chi connectivity index (χ3v) is 2.64. The maximum Gasteiger partial charge on any atom is 0.387 e. The molecule has 1 aromatic carbocycles. The minimum Gasteiger partial charge on any atom is -0.493 e. The Labute approximate surface area is 119 Å². The first kappa shape index (κ1) is 14.9. The van der Waals surface area contributed by atoms with Crippen molar-refractivity contribution in [1.29, 1.82) is 0 Å². The van der Waals surface area contributed by atoms with Crippen LogP contribution < -0.4 is 20.7 Å². The number of rotatable bonds is 5. The van der Waals surface area contributed by atoms with E-state index in [4.69, 9.17) is 10.6 Å². The SMILES string of the molecule is COc1ccc(-c2nc(C)cc(NN)n2)cc1OC(F)F. The number of hydrogen-bond donors (Lipinski definition) is 2. The van der Waals surface area contributed by atoms with Gasteiger partial charge in [-0.05, 0) is 25.1 Å². The molecule has 0 aliphatic carbocycles. The number of hydrogen-bond acceptors (Lipinski definition) is 6. The standard InChI is InChI=1S/C13H14F2N4O2/c1-7-5-11(19-16)18-12(17-7)8-3-4-9(20-2)10(6-8)21-13(14)15/h3-6,13H,16H2,1-2H3,(H,17,18,19). The molecule has 0 saturated heterocycles. The molecule has 0 spiro atoms. The predicted molar refractivity (Wildman–Crippen MR) is 73.2 cm³/mol. The summed E-state index contributed by atoms with van der Waals surface area (Å²) in [6, 6.07) is 6.20. The Hall–Kier alpha value is -2.48. The van der Waals surface area contributed by atoms with Crippen LogP contribution in [-0.4, -0.2) is 23.7 Å². The molecule has 1 heterocycles. The number of benzene rings is 1. The highest BCUT2D eigenvalue weighted by molar-refractivity contribution is 5.62. The fourth-order valence-electron chi connectivity index (χ4n) is 1.78. The van der Waals surface area contributed by atoms with E-state index in [2.05, 4.69) is 20.1 Å². The van der Waals surface area contributed by atoms with E-state index >= 15 is 0 Å². The molecule has 6 nitrogen and oxygen atoms in total. The molecule has 0 radical (unpaired) electrons. The smallest absolute Gasteiger partial charge is 0.387 e. The number of methoxy groups -OCH3 is 1. The second-order valence-corrected chi connectivity index (χ2v) is 4.11. The molecule has 2 rings (SSSR count). The average Bonchev–Trinajstić information content (AvgIpc) is 2.45. The summed E-state index contributed by atoms with van der Waals surface area (Å²) in [5.74, 6) is 6.19. The first-order valence-corrected chi connectivity index (χ1v) is 5.99. The van der Waals surface area contributed by atoms with Crippen molar-refractivity contribution < 1.29 is 18.3 Å². The number of anilines is 1. The Balaban J connectivity index is 2.46. The highest BCUT2D eigenvalue weighted by Crippen LogP contribution is 2.32. The van der Waals surface area contributed by atoms with E-state index in [0.717, 1.165) is 0 Å². The molecule has 0 aliphatic rings. The monoisotopic (exact) mass is 296 g/mol. The first-order valence-electron chi connectivity index (χ1n) is 5.99. The number of alkyl halides is 2. The van der Waals surface area contributed by atoms with Crippen LogP contribution in [0.15, 0.2) is 24.3 Å². The van der Waals surface area contributed by atoms with Gasteiger partial charge in [-0.3, -0.25) is 0 Å². The van der Waals surface area contributed by atoms with Gasteiger partial charge in [-0.2, -0.15) is 8.78 Å². The molecule has 8 heteroatoms. The van der Waals surface area contributed by atoms with Crippen LogP contribution in [0.2, 0.25) is 0 Å². The molecule has 112 valence electrons. The van der Waals surface area contributed by atoms with Gasteiger partial charge in [0.1, 0.15) is 5.82 Å². The molecular weight excluding hydrogens is 282 g/mol. The van der Waals surface area contributed by atoms with Crippen LogP contribution >= 0.6 is 0 Å². The maximum atomic E-state index is 12.4. The van der Waals surface area contributed by atoms with Crippen molar-refractivity contribution in [3.8, 4) is 22.9 Å². The number of halogens is 2. The van der Waals surface area contributed by atoms with E-state index in [9.17, 15) is 8.78 Å². The molecule has 0 saturated carbocycles. The van der Waals surface area contributed by atoms with Gasteiger partial charge in [-0.25, -0.2) is 15.8 Å². The van der Waals surface area contributed by atoms with Crippen molar-refractivity contribution in [3.05, 3.63) is 30.0 Å². The van der Waals surface area contributed by atoms with Crippen LogP contribution in [0.1, 0.15) is 5.69 Å². The quantitative estimate of drug-likeness (QED) is 0.651. The first-order chi connectivity index (χ1) is 10.0. The summed E-state index contributed by atoms with van der Waals surface area (Å²) in [5.41, 5.74) is 3.61. The Morgan fingerprint density at radius 1 is 1.19 bits per heavy atom. The second-order valence-electron chi connectivity index (χ2n) is 4.11. The van der Waals surface area contributed by atoms with Gasteiger partial charge in [0.15, 0.2) is 17.3 Å². The number of ether oxygens (including phenoxy) is 2. The van der Waals surface area contributed by atoms with Crippen molar-refractivity contribution in [2.75, 3.05) is 12.5 Å². The highest BCUT2D eigenvalue weighted by atomic mass is 19.3. The van der Waals surface area contributed by atoms with E-state index in [1.165, 1.54) is 19.2 Å². The van der Waals surface area contributed by atoms with Crippen molar-refractivity contribution in [2.45, 2.75) is 13.5 Å². The molecular formula is C13H14F2N4O2. The average molecular weight is 296 g/mol. The van der Waals surface area contributed by atoms with E-state index in [1.54, 1.807) is 19.1 Å². The van der Waals surface area contributed by atoms with E-state index in [1.807, 2.05) is 0 Å². The van der Waals surface area contributed by atoms with E-state index in [0.29, 0.717) is 22.9 Å². The summed E-state index contributed by atoms with van der Waals surface area (Å²) < 4.78 is 34.2. The minimum absolute atomic E-state index is 0.0858. The fraction of sp³-hybridized carbons (Fsp3) is 0.231. The van der Waals surface area contributed by atoms with Crippen LogP contribution in [0.25, 0.3) is 11.4 Å². The van der Waals surface area contributed by atoms with Gasteiger partial charge in [-0.1, -0.05) is 0 Å². The maximum absolute atomic E-state index is 12.4. The third kappa shape index (κ3) is 3.54. The van der Waals surface area contributed by atoms with Gasteiger partial charge in [0, 0.05) is 17.3 Å². The Kier molecular flexibility index (Phi) is 4.49. The molecule has 0 unspecified atom stereocenters. The predicted octanol–water partition coefficient (Wildman–Crippen LogP) is 2.35. The van der Waals surface area contributed by atoms with Gasteiger partial charge in [-0.15, -0.1) is 0 Å². The lowest BCUT2D eigenvalue weighted by Gasteiger charge is -2.11. The number of nitrogens with one attached hydrogen (secondary N) is 1. The number of nitrogen functional groups attached to an aromatic ring is 1. The van der Waals surface area contributed by atoms with Gasteiger partial charge in [0.2, 0.25) is 0 Å². The van der Waals surface area contributed by atoms with Crippen molar-refractivity contribution in [3.63, 3.8) is 0 Å². The fourth-order valence-corrected chi connectivity index (χ4v) is 1.78.